The first-order valence-electron chi connectivity index (χ1n) is 6.59. The van der Waals surface area contributed by atoms with Crippen molar-refractivity contribution in [1.29, 1.82) is 0 Å². The van der Waals surface area contributed by atoms with Crippen molar-refractivity contribution in [3.63, 3.8) is 0 Å². The monoisotopic (exact) mass is 262 g/mol. The van der Waals surface area contributed by atoms with Gasteiger partial charge in [-0.15, -0.1) is 0 Å². The number of nitrogens with zero attached hydrogens (tertiary/aromatic N) is 2. The molecule has 1 aromatic carbocycles. The van der Waals surface area contributed by atoms with Crippen molar-refractivity contribution in [2.45, 2.75) is 18.9 Å². The minimum atomic E-state index is -0.432. The summed E-state index contributed by atoms with van der Waals surface area (Å²) in [7, 11) is 4.14. The highest BCUT2D eigenvalue weighted by atomic mass is 16.1. The molecule has 104 valence electrons. The highest BCUT2D eigenvalue weighted by molar-refractivity contribution is 5.99. The lowest BCUT2D eigenvalue weighted by molar-refractivity contribution is 0.100. The van der Waals surface area contributed by atoms with E-state index < -0.39 is 5.91 Å². The van der Waals surface area contributed by atoms with Gasteiger partial charge in [-0.2, -0.15) is 0 Å². The molecule has 2 rings (SSSR count). The molecule has 0 aliphatic carbocycles. The van der Waals surface area contributed by atoms with Crippen LogP contribution in [0.3, 0.4) is 0 Å². The highest BCUT2D eigenvalue weighted by Gasteiger charge is 2.23. The smallest absolute Gasteiger partial charge is 0.250 e. The van der Waals surface area contributed by atoms with Gasteiger partial charge >= 0.3 is 0 Å². The van der Waals surface area contributed by atoms with Crippen LogP contribution in [0.5, 0.6) is 0 Å². The van der Waals surface area contributed by atoms with Gasteiger partial charge in [-0.25, -0.2) is 0 Å². The summed E-state index contributed by atoms with van der Waals surface area (Å²) >= 11 is 0. The summed E-state index contributed by atoms with van der Waals surface area (Å²) in [6.07, 6.45) is 2.30. The van der Waals surface area contributed by atoms with Crippen LogP contribution in [0.15, 0.2) is 18.2 Å². The Morgan fingerprint density at radius 1 is 1.47 bits per heavy atom. The van der Waals surface area contributed by atoms with Crippen LogP contribution in [0.2, 0.25) is 0 Å². The quantitative estimate of drug-likeness (QED) is 0.794. The van der Waals surface area contributed by atoms with E-state index in [1.165, 1.54) is 6.42 Å². The molecule has 5 heteroatoms. The molecule has 1 saturated heterocycles. The highest BCUT2D eigenvalue weighted by Crippen LogP contribution is 2.26. The van der Waals surface area contributed by atoms with E-state index in [9.17, 15) is 4.79 Å². The van der Waals surface area contributed by atoms with Gasteiger partial charge in [0.25, 0.3) is 5.91 Å². The maximum absolute atomic E-state index is 11.6. The maximum Gasteiger partial charge on any atom is 0.250 e. The standard InChI is InChI=1S/C14H22N4O/c1-17-7-3-4-11(9-17)18(2)13-6-5-10(15)8-12(13)14(16)19/h5-6,8,11H,3-4,7,9,15H2,1-2H3,(H2,16,19). The summed E-state index contributed by atoms with van der Waals surface area (Å²) in [5, 5.41) is 0. The normalized spacial score (nSPS) is 20.2. The molecule has 1 atom stereocenters. The second-order valence-electron chi connectivity index (χ2n) is 5.31. The molecular formula is C14H22N4O. The molecule has 1 heterocycles. The number of likely N-dealkylation sites (tertiary alicyclic amines) is 1. The molecule has 1 aliphatic rings. The van der Waals surface area contributed by atoms with Crippen molar-refractivity contribution < 1.29 is 4.79 Å². The van der Waals surface area contributed by atoms with Crippen LogP contribution in [0.25, 0.3) is 0 Å². The molecule has 0 radical (unpaired) electrons. The van der Waals surface area contributed by atoms with Gasteiger partial charge in [0, 0.05) is 31.0 Å². The minimum absolute atomic E-state index is 0.403. The van der Waals surface area contributed by atoms with Crippen molar-refractivity contribution in [3.8, 4) is 0 Å². The fraction of sp³-hybridized carbons (Fsp3) is 0.500. The lowest BCUT2D eigenvalue weighted by atomic mass is 10.0. The Hall–Kier alpha value is -1.75. The van der Waals surface area contributed by atoms with Crippen molar-refractivity contribution in [1.82, 2.24) is 4.90 Å². The maximum atomic E-state index is 11.6. The Morgan fingerprint density at radius 2 is 2.21 bits per heavy atom. The zero-order valence-electron chi connectivity index (χ0n) is 11.6. The summed E-state index contributed by atoms with van der Waals surface area (Å²) in [4.78, 5) is 16.0. The molecule has 1 fully saturated rings. The molecule has 1 aliphatic heterocycles. The van der Waals surface area contributed by atoms with Crippen LogP contribution in [-0.4, -0.2) is 44.0 Å². The van der Waals surface area contributed by atoms with E-state index >= 15 is 0 Å². The van der Waals surface area contributed by atoms with Crippen LogP contribution in [-0.2, 0) is 0 Å². The van der Waals surface area contributed by atoms with Gasteiger partial charge in [-0.05, 0) is 44.6 Å². The Kier molecular flexibility index (Phi) is 3.95. The van der Waals surface area contributed by atoms with Crippen molar-refractivity contribution in [3.05, 3.63) is 23.8 Å². The molecule has 1 unspecified atom stereocenters. The topological polar surface area (TPSA) is 75.6 Å². The number of carbonyl (C=O) groups is 1. The SMILES string of the molecule is CN1CCCC(N(C)c2ccc(N)cc2C(N)=O)C1. The van der Waals surface area contributed by atoms with Crippen molar-refractivity contribution in [2.24, 2.45) is 5.73 Å². The van der Waals surface area contributed by atoms with Gasteiger partial charge < -0.3 is 21.3 Å². The van der Waals surface area contributed by atoms with Gasteiger partial charge in [0.1, 0.15) is 0 Å². The first-order valence-corrected chi connectivity index (χ1v) is 6.59. The Labute approximate surface area is 114 Å². The molecule has 19 heavy (non-hydrogen) atoms. The number of likely N-dealkylation sites (N-methyl/N-ethyl adjacent to an activating group) is 2. The van der Waals surface area contributed by atoms with E-state index in [0.717, 1.165) is 25.2 Å². The number of primary amides is 1. The number of amides is 1. The zero-order chi connectivity index (χ0) is 14.0. The Balaban J connectivity index is 2.27. The fourth-order valence-corrected chi connectivity index (χ4v) is 2.71. The number of hydrogen-bond acceptors (Lipinski definition) is 4. The summed E-state index contributed by atoms with van der Waals surface area (Å²) < 4.78 is 0. The second-order valence-corrected chi connectivity index (χ2v) is 5.31. The molecule has 1 aromatic rings. The molecule has 0 saturated carbocycles. The van der Waals surface area contributed by atoms with E-state index in [4.69, 9.17) is 11.5 Å². The lowest BCUT2D eigenvalue weighted by Gasteiger charge is -2.37. The van der Waals surface area contributed by atoms with Crippen LogP contribution in [0.4, 0.5) is 11.4 Å². The number of nitrogen functional groups attached to an aromatic ring is 1. The van der Waals surface area contributed by atoms with Crippen molar-refractivity contribution >= 4 is 17.3 Å². The van der Waals surface area contributed by atoms with Crippen LogP contribution in [0, 0.1) is 0 Å². The predicted octanol–water partition coefficient (Wildman–Crippen LogP) is 0.898. The molecule has 0 spiro atoms. The minimum Gasteiger partial charge on any atom is -0.399 e. The third-order valence-electron chi connectivity index (χ3n) is 3.81. The second kappa shape index (κ2) is 5.48. The van der Waals surface area contributed by atoms with Crippen LogP contribution in [0.1, 0.15) is 23.2 Å². The average molecular weight is 262 g/mol. The van der Waals surface area contributed by atoms with E-state index in [2.05, 4.69) is 16.8 Å². The molecule has 0 bridgehead atoms. The zero-order valence-corrected chi connectivity index (χ0v) is 11.6. The average Bonchev–Trinajstić information content (AvgIpc) is 2.37. The Morgan fingerprint density at radius 3 is 2.84 bits per heavy atom. The van der Waals surface area contributed by atoms with E-state index in [-0.39, 0.29) is 0 Å². The van der Waals surface area contributed by atoms with Crippen LogP contribution >= 0.6 is 0 Å². The number of benzene rings is 1. The number of rotatable bonds is 3. The van der Waals surface area contributed by atoms with Crippen molar-refractivity contribution in [2.75, 3.05) is 37.8 Å². The first kappa shape index (κ1) is 13.7. The number of anilines is 2. The van der Waals surface area contributed by atoms with Crippen LogP contribution < -0.4 is 16.4 Å². The Bertz CT molecular complexity index is 475. The van der Waals surface area contributed by atoms with E-state index in [1.54, 1.807) is 6.07 Å². The first-order chi connectivity index (χ1) is 8.99. The summed E-state index contributed by atoms with van der Waals surface area (Å²) in [5.74, 6) is -0.432. The van der Waals surface area contributed by atoms with Gasteiger partial charge in [0.15, 0.2) is 0 Å². The lowest BCUT2D eigenvalue weighted by Crippen LogP contribution is -2.45. The fourth-order valence-electron chi connectivity index (χ4n) is 2.71. The van der Waals surface area contributed by atoms with E-state index in [0.29, 0.717) is 17.3 Å². The third kappa shape index (κ3) is 2.98. The number of piperidine rings is 1. The summed E-state index contributed by atoms with van der Waals surface area (Å²) in [5.41, 5.74) is 13.1. The predicted molar refractivity (Wildman–Crippen MR) is 78.3 cm³/mol. The largest absolute Gasteiger partial charge is 0.399 e. The molecule has 5 nitrogen and oxygen atoms in total. The summed E-state index contributed by atoms with van der Waals surface area (Å²) in [6, 6.07) is 5.75. The molecule has 1 amide bonds. The van der Waals surface area contributed by atoms with E-state index in [1.807, 2.05) is 19.2 Å². The molecule has 4 N–H and O–H groups in total. The number of nitrogens with two attached hydrogens (primary N) is 2. The molecular weight excluding hydrogens is 240 g/mol. The molecule has 0 aromatic heterocycles. The van der Waals surface area contributed by atoms with Gasteiger partial charge in [-0.3, -0.25) is 4.79 Å². The third-order valence-corrected chi connectivity index (χ3v) is 3.81. The van der Waals surface area contributed by atoms with Gasteiger partial charge in [-0.1, -0.05) is 0 Å². The summed E-state index contributed by atoms with van der Waals surface area (Å²) in [6.45, 7) is 2.13. The van der Waals surface area contributed by atoms with Gasteiger partial charge in [0.2, 0.25) is 0 Å². The number of hydrogen-bond donors (Lipinski definition) is 2. The number of carbonyl (C=O) groups excluding carboxylic acids is 1. The van der Waals surface area contributed by atoms with Gasteiger partial charge in [0.05, 0.1) is 5.56 Å².